The summed E-state index contributed by atoms with van der Waals surface area (Å²) in [7, 11) is -1.11. The van der Waals surface area contributed by atoms with Crippen molar-refractivity contribution >= 4 is 28.1 Å². The fourth-order valence-electron chi connectivity index (χ4n) is 1.76. The van der Waals surface area contributed by atoms with Gasteiger partial charge in [-0.25, -0.2) is 4.39 Å². The molecule has 100 valence electrons. The van der Waals surface area contributed by atoms with Crippen LogP contribution in [-0.4, -0.2) is 4.21 Å². The first-order chi connectivity index (χ1) is 9.02. The summed E-state index contributed by atoms with van der Waals surface area (Å²) in [5.74, 6) is 0.288. The van der Waals surface area contributed by atoms with Gasteiger partial charge in [0, 0.05) is 33.0 Å². The number of hydrogen-bond donors (Lipinski definition) is 1. The van der Waals surface area contributed by atoms with Crippen LogP contribution in [0.15, 0.2) is 42.5 Å². The summed E-state index contributed by atoms with van der Waals surface area (Å²) in [6, 6.07) is 11.4. The third-order valence-electron chi connectivity index (χ3n) is 2.55. The van der Waals surface area contributed by atoms with Crippen LogP contribution in [0.1, 0.15) is 11.1 Å². The molecule has 0 spiro atoms. The molecular formula is C14H13ClFNOS. The largest absolute Gasteiger partial charge is 0.399 e. The van der Waals surface area contributed by atoms with Crippen LogP contribution in [0, 0.1) is 5.82 Å². The van der Waals surface area contributed by atoms with Gasteiger partial charge in [0.05, 0.1) is 0 Å². The van der Waals surface area contributed by atoms with E-state index in [1.807, 2.05) is 12.1 Å². The highest BCUT2D eigenvalue weighted by Gasteiger charge is 2.06. The van der Waals surface area contributed by atoms with Crippen LogP contribution >= 0.6 is 11.6 Å². The first-order valence-electron chi connectivity index (χ1n) is 5.67. The lowest BCUT2D eigenvalue weighted by Gasteiger charge is -2.05. The molecule has 0 saturated carbocycles. The third kappa shape index (κ3) is 4.33. The maximum atomic E-state index is 13.2. The first-order valence-corrected chi connectivity index (χ1v) is 7.54. The van der Waals surface area contributed by atoms with E-state index in [1.54, 1.807) is 18.2 Å². The third-order valence-corrected chi connectivity index (χ3v) is 4.11. The molecule has 5 heteroatoms. The Morgan fingerprint density at radius 2 is 1.68 bits per heavy atom. The fourth-order valence-corrected chi connectivity index (χ4v) is 3.09. The number of hydrogen-bond acceptors (Lipinski definition) is 2. The van der Waals surface area contributed by atoms with Gasteiger partial charge in [0.25, 0.3) is 0 Å². The quantitative estimate of drug-likeness (QED) is 0.878. The highest BCUT2D eigenvalue weighted by atomic mass is 35.5. The van der Waals surface area contributed by atoms with Gasteiger partial charge >= 0.3 is 0 Å². The minimum atomic E-state index is -1.11. The summed E-state index contributed by atoms with van der Waals surface area (Å²) in [6.07, 6.45) is 0. The Hall–Kier alpha value is -1.39. The van der Waals surface area contributed by atoms with E-state index in [2.05, 4.69) is 0 Å². The van der Waals surface area contributed by atoms with Gasteiger partial charge < -0.3 is 5.73 Å². The van der Waals surface area contributed by atoms with Crippen molar-refractivity contribution in [1.29, 1.82) is 0 Å². The number of benzene rings is 2. The minimum absolute atomic E-state index is 0.282. The Balaban J connectivity index is 2.03. The Labute approximate surface area is 118 Å². The maximum Gasteiger partial charge on any atom is 0.125 e. The molecule has 2 aromatic rings. The van der Waals surface area contributed by atoms with E-state index in [0.717, 1.165) is 5.56 Å². The smallest absolute Gasteiger partial charge is 0.125 e. The molecule has 0 amide bonds. The number of nitrogen functional groups attached to an aromatic ring is 1. The van der Waals surface area contributed by atoms with E-state index in [4.69, 9.17) is 17.3 Å². The normalized spacial score (nSPS) is 12.3. The monoisotopic (exact) mass is 297 g/mol. The van der Waals surface area contributed by atoms with Crippen molar-refractivity contribution in [2.45, 2.75) is 11.5 Å². The van der Waals surface area contributed by atoms with Crippen molar-refractivity contribution in [3.63, 3.8) is 0 Å². The van der Waals surface area contributed by atoms with E-state index in [0.29, 0.717) is 22.0 Å². The van der Waals surface area contributed by atoms with Gasteiger partial charge in [-0.15, -0.1) is 0 Å². The van der Waals surface area contributed by atoms with E-state index >= 15 is 0 Å². The fraction of sp³-hybridized carbons (Fsp3) is 0.143. The standard InChI is InChI=1S/C14H13ClFNOS/c15-12-3-1-10(2-4-12)8-19(18)9-11-5-13(16)7-14(17)6-11/h1-7H,8-9,17H2. The predicted octanol–water partition coefficient (Wildman–Crippen LogP) is 3.51. The van der Waals surface area contributed by atoms with Gasteiger partial charge in [-0.1, -0.05) is 23.7 Å². The highest BCUT2D eigenvalue weighted by molar-refractivity contribution is 7.83. The van der Waals surface area contributed by atoms with Crippen LogP contribution < -0.4 is 5.73 Å². The van der Waals surface area contributed by atoms with Crippen LogP contribution in [-0.2, 0) is 22.3 Å². The molecule has 0 aliphatic carbocycles. The molecule has 0 saturated heterocycles. The lowest BCUT2D eigenvalue weighted by atomic mass is 10.2. The molecule has 19 heavy (non-hydrogen) atoms. The predicted molar refractivity (Wildman–Crippen MR) is 77.8 cm³/mol. The van der Waals surface area contributed by atoms with Crippen LogP contribution in [0.5, 0.6) is 0 Å². The second-order valence-electron chi connectivity index (χ2n) is 4.25. The number of anilines is 1. The molecular weight excluding hydrogens is 285 g/mol. The van der Waals surface area contributed by atoms with E-state index in [9.17, 15) is 8.60 Å². The second-order valence-corrected chi connectivity index (χ2v) is 6.14. The zero-order chi connectivity index (χ0) is 13.8. The molecule has 1 atom stereocenters. The molecule has 0 aromatic heterocycles. The van der Waals surface area contributed by atoms with Crippen molar-refractivity contribution in [1.82, 2.24) is 0 Å². The molecule has 2 rings (SSSR count). The zero-order valence-corrected chi connectivity index (χ0v) is 11.7. The lowest BCUT2D eigenvalue weighted by molar-refractivity contribution is 0.627. The van der Waals surface area contributed by atoms with Crippen LogP contribution in [0.25, 0.3) is 0 Å². The number of rotatable bonds is 4. The molecule has 0 aliphatic heterocycles. The summed E-state index contributed by atoms with van der Waals surface area (Å²) < 4.78 is 25.2. The summed E-state index contributed by atoms with van der Waals surface area (Å²) >= 11 is 5.78. The van der Waals surface area contributed by atoms with Gasteiger partial charge in [-0.2, -0.15) is 0 Å². The maximum absolute atomic E-state index is 13.2. The van der Waals surface area contributed by atoms with Crippen LogP contribution in [0.3, 0.4) is 0 Å². The van der Waals surface area contributed by atoms with Crippen LogP contribution in [0.4, 0.5) is 10.1 Å². The summed E-state index contributed by atoms with van der Waals surface area (Å²) in [4.78, 5) is 0. The Kier molecular flexibility index (Phi) is 4.56. The molecule has 0 fully saturated rings. The average molecular weight is 298 g/mol. The van der Waals surface area contributed by atoms with Gasteiger partial charge in [0.2, 0.25) is 0 Å². The topological polar surface area (TPSA) is 43.1 Å². The molecule has 2 N–H and O–H groups in total. The molecule has 0 radical (unpaired) electrons. The molecule has 2 nitrogen and oxygen atoms in total. The second kappa shape index (κ2) is 6.17. The van der Waals surface area contributed by atoms with Crippen molar-refractivity contribution in [3.8, 4) is 0 Å². The van der Waals surface area contributed by atoms with Gasteiger partial charge in [-0.3, -0.25) is 4.21 Å². The molecule has 0 bridgehead atoms. The average Bonchev–Trinajstić information content (AvgIpc) is 2.30. The Morgan fingerprint density at radius 1 is 1.05 bits per heavy atom. The highest BCUT2D eigenvalue weighted by Crippen LogP contribution is 2.15. The summed E-state index contributed by atoms with van der Waals surface area (Å²) in [5.41, 5.74) is 7.48. The van der Waals surface area contributed by atoms with Crippen LogP contribution in [0.2, 0.25) is 5.02 Å². The first kappa shape index (κ1) is 14.0. The number of nitrogens with two attached hydrogens (primary N) is 1. The van der Waals surface area contributed by atoms with Gasteiger partial charge in [-0.05, 0) is 41.5 Å². The van der Waals surface area contributed by atoms with Gasteiger partial charge in [0.1, 0.15) is 5.82 Å². The van der Waals surface area contributed by atoms with Crippen molar-refractivity contribution in [2.75, 3.05) is 5.73 Å². The Bertz CT molecular complexity index is 581. The van der Waals surface area contributed by atoms with E-state index < -0.39 is 16.6 Å². The van der Waals surface area contributed by atoms with Gasteiger partial charge in [0.15, 0.2) is 0 Å². The molecule has 1 unspecified atom stereocenters. The van der Waals surface area contributed by atoms with E-state index in [1.165, 1.54) is 12.1 Å². The summed E-state index contributed by atoms with van der Waals surface area (Å²) in [6.45, 7) is 0. The zero-order valence-electron chi connectivity index (χ0n) is 10.1. The Morgan fingerprint density at radius 3 is 2.32 bits per heavy atom. The number of halogens is 2. The molecule has 0 aliphatic rings. The van der Waals surface area contributed by atoms with E-state index in [-0.39, 0.29) is 5.75 Å². The lowest BCUT2D eigenvalue weighted by Crippen LogP contribution is -2.01. The van der Waals surface area contributed by atoms with Crippen molar-refractivity contribution in [3.05, 3.63) is 64.4 Å². The molecule has 0 heterocycles. The molecule has 2 aromatic carbocycles. The van der Waals surface area contributed by atoms with Crippen molar-refractivity contribution < 1.29 is 8.60 Å². The van der Waals surface area contributed by atoms with Crippen molar-refractivity contribution in [2.24, 2.45) is 0 Å². The minimum Gasteiger partial charge on any atom is -0.399 e. The SMILES string of the molecule is Nc1cc(F)cc(CS(=O)Cc2ccc(Cl)cc2)c1. The summed E-state index contributed by atoms with van der Waals surface area (Å²) in [5, 5.41) is 0.646.